The van der Waals surface area contributed by atoms with E-state index in [1.54, 1.807) is 26.2 Å². The van der Waals surface area contributed by atoms with Crippen LogP contribution in [-0.4, -0.2) is 47.9 Å². The molecule has 0 atom stereocenters. The molecule has 2 N–H and O–H groups in total. The van der Waals surface area contributed by atoms with Gasteiger partial charge in [-0.15, -0.1) is 0 Å². The van der Waals surface area contributed by atoms with Gasteiger partial charge in [0.1, 0.15) is 0 Å². The van der Waals surface area contributed by atoms with Gasteiger partial charge in [0.15, 0.2) is 5.96 Å². The van der Waals surface area contributed by atoms with E-state index >= 15 is 0 Å². The molecule has 132 valence electrons. The highest BCUT2D eigenvalue weighted by Gasteiger charge is 2.13. The van der Waals surface area contributed by atoms with Gasteiger partial charge in [0.25, 0.3) is 5.69 Å². The van der Waals surface area contributed by atoms with Crippen molar-refractivity contribution in [3.8, 4) is 0 Å². The number of amides is 1. The molecule has 1 amide bonds. The summed E-state index contributed by atoms with van der Waals surface area (Å²) in [5, 5.41) is 16.9. The standard InChI is InChI=1S/C16H25N5O3/c1-16(2,3)19-15(18-11-14(22)20(4)5)17-10-12-6-8-13(9-7-12)21(23)24/h6-9H,10-11H2,1-5H3,(H2,17,18,19). The number of carbonyl (C=O) groups excluding carboxylic acids is 1. The van der Waals surface area contributed by atoms with Crippen molar-refractivity contribution in [2.24, 2.45) is 4.99 Å². The number of nitro groups is 1. The molecule has 0 aliphatic carbocycles. The van der Waals surface area contributed by atoms with Crippen molar-refractivity contribution in [1.29, 1.82) is 0 Å². The Morgan fingerprint density at radius 2 is 1.83 bits per heavy atom. The summed E-state index contributed by atoms with van der Waals surface area (Å²) in [7, 11) is 3.38. The minimum atomic E-state index is -0.436. The van der Waals surface area contributed by atoms with Gasteiger partial charge in [-0.25, -0.2) is 4.99 Å². The van der Waals surface area contributed by atoms with Crippen LogP contribution in [0.3, 0.4) is 0 Å². The van der Waals surface area contributed by atoms with Crippen LogP contribution in [0.5, 0.6) is 0 Å². The molecule has 0 fully saturated rings. The van der Waals surface area contributed by atoms with Crippen molar-refractivity contribution in [2.45, 2.75) is 32.9 Å². The molecule has 0 bridgehead atoms. The van der Waals surface area contributed by atoms with Gasteiger partial charge in [0.05, 0.1) is 18.0 Å². The van der Waals surface area contributed by atoms with Gasteiger partial charge in [-0.2, -0.15) is 0 Å². The Balaban J connectivity index is 2.79. The lowest BCUT2D eigenvalue weighted by Gasteiger charge is -2.24. The maximum atomic E-state index is 11.7. The summed E-state index contributed by atoms with van der Waals surface area (Å²) in [6, 6.07) is 6.23. The summed E-state index contributed by atoms with van der Waals surface area (Å²) in [5.41, 5.74) is 0.669. The minimum Gasteiger partial charge on any atom is -0.352 e. The van der Waals surface area contributed by atoms with Crippen molar-refractivity contribution < 1.29 is 9.72 Å². The molecule has 1 aromatic rings. The molecule has 8 heteroatoms. The Kier molecular flexibility index (Phi) is 6.69. The Hall–Kier alpha value is -2.64. The first kappa shape index (κ1) is 19.4. The molecule has 0 saturated heterocycles. The highest BCUT2D eigenvalue weighted by Crippen LogP contribution is 2.12. The number of hydrogen-bond acceptors (Lipinski definition) is 4. The number of non-ortho nitro benzene ring substituents is 1. The molecule has 1 rings (SSSR count). The van der Waals surface area contributed by atoms with E-state index < -0.39 is 4.92 Å². The summed E-state index contributed by atoms with van der Waals surface area (Å²) in [5.74, 6) is 0.449. The van der Waals surface area contributed by atoms with Crippen LogP contribution < -0.4 is 10.6 Å². The normalized spacial score (nSPS) is 11.8. The fourth-order valence-corrected chi connectivity index (χ4v) is 1.71. The first-order chi connectivity index (χ1) is 11.1. The van der Waals surface area contributed by atoms with Gasteiger partial charge in [0.2, 0.25) is 5.91 Å². The van der Waals surface area contributed by atoms with E-state index in [0.29, 0.717) is 12.5 Å². The quantitative estimate of drug-likeness (QED) is 0.368. The predicted molar refractivity (Wildman–Crippen MR) is 93.8 cm³/mol. The Morgan fingerprint density at radius 3 is 2.29 bits per heavy atom. The fraction of sp³-hybridized carbons (Fsp3) is 0.500. The van der Waals surface area contributed by atoms with Gasteiger partial charge >= 0.3 is 0 Å². The summed E-state index contributed by atoms with van der Waals surface area (Å²) in [4.78, 5) is 27.9. The van der Waals surface area contributed by atoms with Gasteiger partial charge in [-0.05, 0) is 26.3 Å². The Morgan fingerprint density at radius 1 is 1.25 bits per heavy atom. The lowest BCUT2D eigenvalue weighted by atomic mass is 10.1. The van der Waals surface area contributed by atoms with Crippen molar-refractivity contribution >= 4 is 17.6 Å². The zero-order valence-electron chi connectivity index (χ0n) is 14.8. The van der Waals surface area contributed by atoms with Crippen molar-refractivity contribution in [3.63, 3.8) is 0 Å². The van der Waals surface area contributed by atoms with E-state index in [0.717, 1.165) is 5.56 Å². The highest BCUT2D eigenvalue weighted by atomic mass is 16.6. The summed E-state index contributed by atoms with van der Waals surface area (Å²) >= 11 is 0. The lowest BCUT2D eigenvalue weighted by molar-refractivity contribution is -0.384. The number of carbonyl (C=O) groups is 1. The zero-order valence-corrected chi connectivity index (χ0v) is 14.8. The number of nitro benzene ring substituents is 1. The van der Waals surface area contributed by atoms with Crippen molar-refractivity contribution in [2.75, 3.05) is 20.6 Å². The Bertz CT molecular complexity index is 603. The van der Waals surface area contributed by atoms with E-state index in [4.69, 9.17) is 0 Å². The van der Waals surface area contributed by atoms with E-state index in [-0.39, 0.29) is 23.7 Å². The lowest BCUT2D eigenvalue weighted by Crippen LogP contribution is -2.49. The molecule has 8 nitrogen and oxygen atoms in total. The van der Waals surface area contributed by atoms with Crippen molar-refractivity contribution in [3.05, 3.63) is 39.9 Å². The molecule has 1 aromatic carbocycles. The van der Waals surface area contributed by atoms with E-state index in [1.807, 2.05) is 20.8 Å². The summed E-state index contributed by atoms with van der Waals surface area (Å²) in [6.07, 6.45) is 0. The number of aliphatic imine (C=N–C) groups is 1. The molecule has 24 heavy (non-hydrogen) atoms. The number of hydrogen-bond donors (Lipinski definition) is 2. The third kappa shape index (κ3) is 7.08. The average molecular weight is 335 g/mol. The van der Waals surface area contributed by atoms with E-state index in [9.17, 15) is 14.9 Å². The summed E-state index contributed by atoms with van der Waals surface area (Å²) < 4.78 is 0. The van der Waals surface area contributed by atoms with Gasteiger partial charge < -0.3 is 15.5 Å². The van der Waals surface area contributed by atoms with E-state index in [1.165, 1.54) is 17.0 Å². The van der Waals surface area contributed by atoms with E-state index in [2.05, 4.69) is 15.6 Å². The second kappa shape index (κ2) is 8.28. The first-order valence-corrected chi connectivity index (χ1v) is 7.58. The van der Waals surface area contributed by atoms with Gasteiger partial charge in [-0.3, -0.25) is 14.9 Å². The zero-order chi connectivity index (χ0) is 18.3. The molecular weight excluding hydrogens is 310 g/mol. The topological polar surface area (TPSA) is 99.9 Å². The first-order valence-electron chi connectivity index (χ1n) is 7.58. The number of likely N-dealkylation sites (N-methyl/N-ethyl adjacent to an activating group) is 1. The second-order valence-electron chi connectivity index (χ2n) is 6.61. The maximum absolute atomic E-state index is 11.7. The second-order valence-corrected chi connectivity index (χ2v) is 6.61. The van der Waals surface area contributed by atoms with Crippen LogP contribution in [0.1, 0.15) is 26.3 Å². The molecular formula is C16H25N5O3. The predicted octanol–water partition coefficient (Wildman–Crippen LogP) is 1.52. The average Bonchev–Trinajstić information content (AvgIpc) is 2.48. The van der Waals surface area contributed by atoms with Crippen LogP contribution in [0.15, 0.2) is 29.3 Å². The number of nitrogens with one attached hydrogen (secondary N) is 2. The molecule has 0 aliphatic rings. The van der Waals surface area contributed by atoms with Crippen LogP contribution in [0.2, 0.25) is 0 Å². The van der Waals surface area contributed by atoms with Crippen LogP contribution in [0.4, 0.5) is 5.69 Å². The summed E-state index contributed by atoms with van der Waals surface area (Å²) in [6.45, 7) is 6.45. The fourth-order valence-electron chi connectivity index (χ4n) is 1.71. The van der Waals surface area contributed by atoms with Crippen LogP contribution in [0.25, 0.3) is 0 Å². The number of guanidine groups is 1. The van der Waals surface area contributed by atoms with Gasteiger partial charge in [-0.1, -0.05) is 12.1 Å². The minimum absolute atomic E-state index is 0.0467. The van der Waals surface area contributed by atoms with Gasteiger partial charge in [0, 0.05) is 31.8 Å². The van der Waals surface area contributed by atoms with Crippen LogP contribution in [0, 0.1) is 10.1 Å². The smallest absolute Gasteiger partial charge is 0.269 e. The monoisotopic (exact) mass is 335 g/mol. The molecule has 0 heterocycles. The molecule has 0 aliphatic heterocycles. The molecule has 0 unspecified atom stereocenters. The number of nitrogens with zero attached hydrogens (tertiary/aromatic N) is 3. The van der Waals surface area contributed by atoms with Crippen LogP contribution >= 0.6 is 0 Å². The number of rotatable bonds is 5. The van der Waals surface area contributed by atoms with Crippen LogP contribution in [-0.2, 0) is 11.3 Å². The largest absolute Gasteiger partial charge is 0.352 e. The molecule has 0 aromatic heterocycles. The highest BCUT2D eigenvalue weighted by molar-refractivity contribution is 5.86. The molecule has 0 saturated carbocycles. The molecule has 0 radical (unpaired) electrons. The van der Waals surface area contributed by atoms with Crippen molar-refractivity contribution in [1.82, 2.24) is 15.5 Å². The third-order valence-electron chi connectivity index (χ3n) is 2.97. The third-order valence-corrected chi connectivity index (χ3v) is 2.97. The molecule has 0 spiro atoms. The maximum Gasteiger partial charge on any atom is 0.269 e. The number of benzene rings is 1. The SMILES string of the molecule is CN(C)C(=O)CNC(=NCc1ccc([N+](=O)[O-])cc1)NC(C)(C)C. The Labute approximate surface area is 142 Å².